The van der Waals surface area contributed by atoms with Gasteiger partial charge in [-0.05, 0) is 30.4 Å². The Bertz CT molecular complexity index is 664. The number of aliphatic hydroxyl groups is 1. The van der Waals surface area contributed by atoms with E-state index in [1.54, 1.807) is 24.3 Å². The zero-order valence-electron chi connectivity index (χ0n) is 8.72. The van der Waals surface area contributed by atoms with Crippen LogP contribution in [0.3, 0.4) is 0 Å². The first-order valence-corrected chi connectivity index (χ1v) is 5.54. The summed E-state index contributed by atoms with van der Waals surface area (Å²) in [5, 5.41) is 10.9. The molecule has 0 aliphatic heterocycles. The summed E-state index contributed by atoms with van der Waals surface area (Å²) >= 11 is 5.89. The maximum atomic E-state index is 11.8. The third kappa shape index (κ3) is 1.64. The molecule has 0 amide bonds. The van der Waals surface area contributed by atoms with Crippen LogP contribution in [0.25, 0.3) is 17.0 Å². The number of rotatable bonds is 0. The summed E-state index contributed by atoms with van der Waals surface area (Å²) in [6.07, 6.45) is 2.03. The Kier molecular flexibility index (Phi) is 2.24. The van der Waals surface area contributed by atoms with Gasteiger partial charge in [0, 0.05) is 16.0 Å². The lowest BCUT2D eigenvalue weighted by Gasteiger charge is -2.13. The van der Waals surface area contributed by atoms with Gasteiger partial charge in [0.05, 0.1) is 11.2 Å². The lowest BCUT2D eigenvalue weighted by atomic mass is 9.97. The molecule has 84 valence electrons. The number of nitrogens with zero attached hydrogens (tertiary/aromatic N) is 1. The van der Waals surface area contributed by atoms with Crippen LogP contribution in [0.4, 0.5) is 0 Å². The van der Waals surface area contributed by atoms with Gasteiger partial charge in [0.2, 0.25) is 0 Å². The van der Waals surface area contributed by atoms with Crippen LogP contribution in [0.1, 0.15) is 16.1 Å². The van der Waals surface area contributed by atoms with Crippen molar-refractivity contribution in [1.82, 2.24) is 4.98 Å². The maximum Gasteiger partial charge on any atom is 0.197 e. The van der Waals surface area contributed by atoms with E-state index in [2.05, 4.69) is 4.98 Å². The molecule has 0 saturated carbocycles. The van der Waals surface area contributed by atoms with E-state index < -0.39 is 6.10 Å². The lowest BCUT2D eigenvalue weighted by molar-refractivity contribution is 0.0818. The molecule has 0 radical (unpaired) electrons. The van der Waals surface area contributed by atoms with Gasteiger partial charge in [0.25, 0.3) is 0 Å². The molecule has 1 aromatic heterocycles. The number of aromatic nitrogens is 1. The van der Waals surface area contributed by atoms with Crippen LogP contribution in [-0.2, 0) is 0 Å². The normalized spacial score (nSPS) is 18.5. The minimum absolute atomic E-state index is 0.313. The number of carbonyl (C=O) groups excluding carboxylic acids is 1. The van der Waals surface area contributed by atoms with E-state index in [-0.39, 0.29) is 5.78 Å². The van der Waals surface area contributed by atoms with E-state index >= 15 is 0 Å². The van der Waals surface area contributed by atoms with Crippen molar-refractivity contribution in [3.8, 4) is 0 Å². The largest absolute Gasteiger partial charge is 0.381 e. The average molecular weight is 246 g/mol. The summed E-state index contributed by atoms with van der Waals surface area (Å²) in [4.78, 5) is 16.1. The Balaban J connectivity index is 2.31. The number of hydrogen-bond donors (Lipinski definition) is 1. The number of fused-ring (bicyclic) bond motifs is 2. The fourth-order valence-corrected chi connectivity index (χ4v) is 2.07. The molecule has 1 unspecified atom stereocenters. The van der Waals surface area contributed by atoms with E-state index in [4.69, 9.17) is 11.6 Å². The lowest BCUT2D eigenvalue weighted by Crippen LogP contribution is -2.22. The van der Waals surface area contributed by atoms with Crippen LogP contribution in [-0.4, -0.2) is 22.0 Å². The molecule has 0 fully saturated rings. The third-order valence-electron chi connectivity index (χ3n) is 2.78. The average Bonchev–Trinajstić information content (AvgIpc) is 2.32. The summed E-state index contributed by atoms with van der Waals surface area (Å²) in [5.41, 5.74) is 1.77. The van der Waals surface area contributed by atoms with Gasteiger partial charge in [0.15, 0.2) is 5.78 Å². The molecule has 2 aromatic rings. The van der Waals surface area contributed by atoms with E-state index in [0.29, 0.717) is 16.3 Å². The standard InChI is InChI=1S/C13H8ClNO2/c14-8-2-1-7-5-9-10(15-11(7)6-8)3-4-12(16)13(9)17/h1-6,12,16H. The van der Waals surface area contributed by atoms with Crippen LogP contribution in [0.2, 0.25) is 5.02 Å². The quantitative estimate of drug-likeness (QED) is 0.776. The van der Waals surface area contributed by atoms with Crippen molar-refractivity contribution >= 4 is 34.4 Å². The molecule has 0 spiro atoms. The molecule has 1 atom stereocenters. The number of halogens is 1. The fourth-order valence-electron chi connectivity index (χ4n) is 1.91. The molecular weight excluding hydrogens is 238 g/mol. The first-order chi connectivity index (χ1) is 8.15. The predicted molar refractivity (Wildman–Crippen MR) is 66.1 cm³/mol. The van der Waals surface area contributed by atoms with E-state index in [1.165, 1.54) is 6.08 Å². The van der Waals surface area contributed by atoms with Gasteiger partial charge in [-0.1, -0.05) is 17.7 Å². The third-order valence-corrected chi connectivity index (χ3v) is 3.01. The monoisotopic (exact) mass is 245 g/mol. The van der Waals surface area contributed by atoms with Crippen molar-refractivity contribution < 1.29 is 9.90 Å². The second-order valence-electron chi connectivity index (χ2n) is 3.93. The highest BCUT2D eigenvalue weighted by atomic mass is 35.5. The predicted octanol–water partition coefficient (Wildman–Crippen LogP) is 2.46. The van der Waals surface area contributed by atoms with Gasteiger partial charge < -0.3 is 5.11 Å². The molecule has 1 aliphatic rings. The SMILES string of the molecule is O=C1c2cc3ccc(Cl)cc3nc2C=CC1O. The highest BCUT2D eigenvalue weighted by molar-refractivity contribution is 6.31. The second kappa shape index (κ2) is 3.65. The molecule has 1 aliphatic carbocycles. The van der Waals surface area contributed by atoms with Crippen LogP contribution in [0.5, 0.6) is 0 Å². The first kappa shape index (κ1) is 10.4. The van der Waals surface area contributed by atoms with Gasteiger partial charge in [-0.15, -0.1) is 0 Å². The van der Waals surface area contributed by atoms with Crippen molar-refractivity contribution in [2.75, 3.05) is 0 Å². The smallest absolute Gasteiger partial charge is 0.197 e. The summed E-state index contributed by atoms with van der Waals surface area (Å²) in [6, 6.07) is 7.05. The van der Waals surface area contributed by atoms with Crippen LogP contribution in [0.15, 0.2) is 30.3 Å². The molecule has 1 N–H and O–H groups in total. The molecule has 3 rings (SSSR count). The summed E-state index contributed by atoms with van der Waals surface area (Å²) in [7, 11) is 0. The first-order valence-electron chi connectivity index (χ1n) is 5.16. The molecule has 0 bridgehead atoms. The number of hydrogen-bond acceptors (Lipinski definition) is 3. The minimum atomic E-state index is -1.06. The maximum absolute atomic E-state index is 11.8. The number of pyridine rings is 1. The van der Waals surface area contributed by atoms with Gasteiger partial charge in [-0.2, -0.15) is 0 Å². The molecule has 17 heavy (non-hydrogen) atoms. The molecule has 0 saturated heterocycles. The van der Waals surface area contributed by atoms with E-state index in [9.17, 15) is 9.90 Å². The minimum Gasteiger partial charge on any atom is -0.381 e. The van der Waals surface area contributed by atoms with E-state index in [1.807, 2.05) is 6.07 Å². The van der Waals surface area contributed by atoms with Gasteiger partial charge in [-0.25, -0.2) is 4.98 Å². The highest BCUT2D eigenvalue weighted by Crippen LogP contribution is 2.24. The second-order valence-corrected chi connectivity index (χ2v) is 4.36. The molecular formula is C13H8ClNO2. The van der Waals surface area contributed by atoms with Gasteiger partial charge >= 0.3 is 0 Å². The van der Waals surface area contributed by atoms with Crippen LogP contribution >= 0.6 is 11.6 Å². The summed E-state index contributed by atoms with van der Waals surface area (Å²) < 4.78 is 0. The van der Waals surface area contributed by atoms with Crippen LogP contribution < -0.4 is 0 Å². The van der Waals surface area contributed by atoms with Crippen molar-refractivity contribution in [1.29, 1.82) is 0 Å². The number of Topliss-reactive ketones (excluding diaryl/α,β-unsaturated/α-hetero) is 1. The number of ketones is 1. The Morgan fingerprint density at radius 3 is 2.94 bits per heavy atom. The van der Waals surface area contributed by atoms with Crippen molar-refractivity contribution in [3.05, 3.63) is 46.6 Å². The highest BCUT2D eigenvalue weighted by Gasteiger charge is 2.22. The topological polar surface area (TPSA) is 50.2 Å². The van der Waals surface area contributed by atoms with Crippen molar-refractivity contribution in [2.24, 2.45) is 0 Å². The van der Waals surface area contributed by atoms with Crippen LogP contribution in [0, 0.1) is 0 Å². The summed E-state index contributed by atoms with van der Waals surface area (Å²) in [5.74, 6) is -0.313. The Morgan fingerprint density at radius 2 is 2.12 bits per heavy atom. The Morgan fingerprint density at radius 1 is 1.29 bits per heavy atom. The zero-order valence-corrected chi connectivity index (χ0v) is 9.48. The zero-order chi connectivity index (χ0) is 12.0. The van der Waals surface area contributed by atoms with E-state index in [0.717, 1.165) is 10.9 Å². The Hall–Kier alpha value is -1.71. The van der Waals surface area contributed by atoms with Crippen molar-refractivity contribution in [3.63, 3.8) is 0 Å². The fraction of sp³-hybridized carbons (Fsp3) is 0.0769. The molecule has 4 heteroatoms. The molecule has 1 aromatic carbocycles. The molecule has 3 nitrogen and oxygen atoms in total. The molecule has 1 heterocycles. The van der Waals surface area contributed by atoms with Gasteiger partial charge in [-0.3, -0.25) is 4.79 Å². The van der Waals surface area contributed by atoms with Crippen molar-refractivity contribution in [2.45, 2.75) is 6.10 Å². The van der Waals surface area contributed by atoms with Gasteiger partial charge in [0.1, 0.15) is 6.10 Å². The number of carbonyl (C=O) groups is 1. The number of benzene rings is 1. The Labute approximate surface area is 102 Å². The summed E-state index contributed by atoms with van der Waals surface area (Å²) in [6.45, 7) is 0. The number of aliphatic hydroxyl groups excluding tert-OH is 1.